The molecule has 5 aromatic carbocycles. The molecular formula is C43H38IrN2Si-2. The van der Waals surface area contributed by atoms with E-state index in [1.54, 1.807) is 6.20 Å². The summed E-state index contributed by atoms with van der Waals surface area (Å²) in [4.78, 5) is 9.18. The van der Waals surface area contributed by atoms with E-state index in [9.17, 15) is 0 Å². The molecule has 8 rings (SSSR count). The van der Waals surface area contributed by atoms with E-state index in [-0.39, 0.29) is 25.5 Å². The first-order valence-corrected chi connectivity index (χ1v) is 19.5. The third-order valence-electron chi connectivity index (χ3n) is 9.21. The zero-order valence-corrected chi connectivity index (χ0v) is 31.2. The van der Waals surface area contributed by atoms with Gasteiger partial charge in [0.2, 0.25) is 0 Å². The van der Waals surface area contributed by atoms with Gasteiger partial charge in [0, 0.05) is 37.9 Å². The van der Waals surface area contributed by atoms with Crippen LogP contribution >= 0.6 is 0 Å². The van der Waals surface area contributed by atoms with Crippen LogP contribution in [0.15, 0.2) is 122 Å². The van der Waals surface area contributed by atoms with Crippen molar-refractivity contribution in [2.24, 2.45) is 0 Å². The van der Waals surface area contributed by atoms with Crippen LogP contribution in [0.2, 0.25) is 19.6 Å². The van der Waals surface area contributed by atoms with Crippen LogP contribution in [0.5, 0.6) is 0 Å². The summed E-state index contributed by atoms with van der Waals surface area (Å²) < 4.78 is 0. The van der Waals surface area contributed by atoms with Gasteiger partial charge in [0.25, 0.3) is 0 Å². The van der Waals surface area contributed by atoms with Gasteiger partial charge < -0.3 is 9.97 Å². The summed E-state index contributed by atoms with van der Waals surface area (Å²) in [6.07, 6.45) is 3.76. The largest absolute Gasteiger partial charge is 0.305 e. The monoisotopic (exact) mass is 803 g/mol. The van der Waals surface area contributed by atoms with E-state index in [1.807, 2.05) is 48.7 Å². The van der Waals surface area contributed by atoms with E-state index < -0.39 is 8.07 Å². The Kier molecular flexibility index (Phi) is 8.89. The van der Waals surface area contributed by atoms with Gasteiger partial charge in [0.1, 0.15) is 0 Å². The van der Waals surface area contributed by atoms with Gasteiger partial charge in [-0.3, -0.25) is 0 Å². The second-order valence-corrected chi connectivity index (χ2v) is 18.9. The van der Waals surface area contributed by atoms with E-state index in [1.165, 1.54) is 54.5 Å². The van der Waals surface area contributed by atoms with Crippen LogP contribution in [-0.4, -0.2) is 18.0 Å². The third-order valence-corrected chi connectivity index (χ3v) is 11.3. The minimum absolute atomic E-state index is 0. The maximum absolute atomic E-state index is 4.85. The average molecular weight is 803 g/mol. The van der Waals surface area contributed by atoms with Gasteiger partial charge in [-0.1, -0.05) is 118 Å². The molecule has 2 aromatic heterocycles. The van der Waals surface area contributed by atoms with Crippen molar-refractivity contribution in [3.05, 3.63) is 150 Å². The summed E-state index contributed by atoms with van der Waals surface area (Å²) in [5, 5.41) is 6.67. The molecule has 0 spiro atoms. The number of aromatic nitrogens is 2. The number of pyridine rings is 2. The molecule has 1 aliphatic rings. The number of aryl methyl sites for hydroxylation is 1. The van der Waals surface area contributed by atoms with Crippen LogP contribution in [0.1, 0.15) is 30.5 Å². The number of fused-ring (bicyclic) bond motifs is 6. The van der Waals surface area contributed by atoms with Crippen molar-refractivity contribution in [3.63, 3.8) is 0 Å². The average Bonchev–Trinajstić information content (AvgIpc) is 3.31. The van der Waals surface area contributed by atoms with Crippen LogP contribution in [0, 0.1) is 19.1 Å². The Morgan fingerprint density at radius 1 is 0.638 bits per heavy atom. The Balaban J connectivity index is 0.000000192. The topological polar surface area (TPSA) is 25.8 Å². The number of hydrogen-bond acceptors (Lipinski definition) is 2. The van der Waals surface area contributed by atoms with Crippen molar-refractivity contribution in [1.82, 2.24) is 9.97 Å². The van der Waals surface area contributed by atoms with Crippen molar-refractivity contribution in [3.8, 4) is 33.6 Å². The maximum Gasteiger partial charge on any atom is 0.0776 e. The van der Waals surface area contributed by atoms with Crippen molar-refractivity contribution < 1.29 is 20.1 Å². The molecule has 1 radical (unpaired) electrons. The molecule has 2 nitrogen and oxygen atoms in total. The number of benzene rings is 5. The van der Waals surface area contributed by atoms with Crippen molar-refractivity contribution in [2.75, 3.05) is 0 Å². The minimum Gasteiger partial charge on any atom is -0.305 e. The Hall–Kier alpha value is -4.21. The van der Waals surface area contributed by atoms with Gasteiger partial charge in [-0.25, -0.2) is 0 Å². The second-order valence-electron chi connectivity index (χ2n) is 13.9. The molecule has 235 valence electrons. The SMILES string of the molecule is Cc1cc[c-]c(-c2nccc3c2C(C)(C)c2c-3ccc3ccc([Si](C)(C)C)cc23)c1.[Ir].[c-]1cc2ccccc2cc1-c1ccccn1. The van der Waals surface area contributed by atoms with Crippen LogP contribution < -0.4 is 5.19 Å². The Morgan fingerprint density at radius 3 is 2.13 bits per heavy atom. The standard InChI is InChI=1S/C28H28NSi.C15H10N.Ir/c1-18-8-7-9-20(16-18)27-26-23(14-15-29-27)22-13-11-19-10-12-21(30(4,5)6)17-24(19)25(22)28(26,2)3;1-2-6-13-11-14(9-8-12(13)5-1)15-7-3-4-10-16-15;/h7-8,10-17H,1-6H3;1-8,10-11H;/q2*-1;. The number of hydrogen-bond donors (Lipinski definition) is 0. The molecular weight excluding hydrogens is 765 g/mol. The van der Waals surface area contributed by atoms with E-state index in [4.69, 9.17) is 4.98 Å². The first-order chi connectivity index (χ1) is 22.1. The quantitative estimate of drug-likeness (QED) is 0.131. The molecule has 4 heteroatoms. The van der Waals surface area contributed by atoms with Gasteiger partial charge in [0.05, 0.1) is 8.07 Å². The van der Waals surface area contributed by atoms with E-state index in [0.29, 0.717) is 0 Å². The van der Waals surface area contributed by atoms with Crippen molar-refractivity contribution in [1.29, 1.82) is 0 Å². The third kappa shape index (κ3) is 6.14. The predicted octanol–water partition coefficient (Wildman–Crippen LogP) is 10.6. The maximum atomic E-state index is 4.85. The van der Waals surface area contributed by atoms with Gasteiger partial charge in [-0.05, 0) is 56.5 Å². The van der Waals surface area contributed by atoms with E-state index in [2.05, 4.69) is 124 Å². The fraction of sp³-hybridized carbons (Fsp3) is 0.163. The number of nitrogens with zero attached hydrogens (tertiary/aromatic N) is 2. The van der Waals surface area contributed by atoms with Crippen molar-refractivity contribution >= 4 is 34.8 Å². The molecule has 0 unspecified atom stereocenters. The minimum atomic E-state index is -1.40. The molecule has 0 fully saturated rings. The second kappa shape index (κ2) is 12.8. The summed E-state index contributed by atoms with van der Waals surface area (Å²) in [5.74, 6) is 0. The fourth-order valence-electron chi connectivity index (χ4n) is 6.85. The molecule has 0 bridgehead atoms. The Morgan fingerprint density at radius 2 is 1.38 bits per heavy atom. The van der Waals surface area contributed by atoms with Gasteiger partial charge in [0.15, 0.2) is 0 Å². The summed E-state index contributed by atoms with van der Waals surface area (Å²) >= 11 is 0. The fourth-order valence-corrected chi connectivity index (χ4v) is 8.01. The molecule has 0 atom stereocenters. The molecule has 0 N–H and O–H groups in total. The molecule has 0 saturated heterocycles. The number of rotatable bonds is 3. The molecule has 1 aliphatic carbocycles. The van der Waals surface area contributed by atoms with Crippen molar-refractivity contribution in [2.45, 2.75) is 45.8 Å². The predicted molar refractivity (Wildman–Crippen MR) is 197 cm³/mol. The summed E-state index contributed by atoms with van der Waals surface area (Å²) in [6, 6.07) is 45.2. The van der Waals surface area contributed by atoms with E-state index >= 15 is 0 Å². The van der Waals surface area contributed by atoms with Crippen LogP contribution in [0.25, 0.3) is 55.2 Å². The van der Waals surface area contributed by atoms with Gasteiger partial charge in [-0.15, -0.1) is 64.5 Å². The summed E-state index contributed by atoms with van der Waals surface area (Å²) in [7, 11) is -1.40. The first-order valence-electron chi connectivity index (χ1n) is 16.0. The van der Waals surface area contributed by atoms with E-state index in [0.717, 1.165) is 22.5 Å². The Labute approximate surface area is 293 Å². The summed E-state index contributed by atoms with van der Waals surface area (Å²) in [5.41, 5.74) is 10.7. The van der Waals surface area contributed by atoms with Crippen LogP contribution in [0.3, 0.4) is 0 Å². The molecule has 2 heterocycles. The summed E-state index contributed by atoms with van der Waals surface area (Å²) in [6.45, 7) is 14.1. The smallest absolute Gasteiger partial charge is 0.0776 e. The molecule has 47 heavy (non-hydrogen) atoms. The van der Waals surface area contributed by atoms with Gasteiger partial charge >= 0.3 is 0 Å². The molecule has 7 aromatic rings. The van der Waals surface area contributed by atoms with Crippen LogP contribution in [-0.2, 0) is 25.5 Å². The van der Waals surface area contributed by atoms with Gasteiger partial charge in [-0.2, -0.15) is 0 Å². The molecule has 0 amide bonds. The molecule has 0 aliphatic heterocycles. The normalized spacial score (nSPS) is 12.9. The zero-order chi connectivity index (χ0) is 32.1. The first kappa shape index (κ1) is 32.7. The van der Waals surface area contributed by atoms with Crippen LogP contribution in [0.4, 0.5) is 0 Å². The Bertz CT molecular complexity index is 2230. The molecule has 0 saturated carbocycles. The zero-order valence-electron chi connectivity index (χ0n) is 27.8.